The second-order valence-electron chi connectivity index (χ2n) is 9.85. The van der Waals surface area contributed by atoms with Crippen LogP contribution in [0.1, 0.15) is 103 Å². The Morgan fingerprint density at radius 2 is 1.46 bits per heavy atom. The Labute approximate surface area is 222 Å². The van der Waals surface area contributed by atoms with Crippen LogP contribution < -0.4 is 0 Å². The van der Waals surface area contributed by atoms with Crippen LogP contribution in [0, 0.1) is 0 Å². The lowest BCUT2D eigenvalue weighted by atomic mass is 9.95. The fraction of sp³-hybridized carbons (Fsp3) is 0.500. The average Bonchev–Trinajstić information content (AvgIpc) is 3.31. The van der Waals surface area contributed by atoms with Gasteiger partial charge in [-0.2, -0.15) is 0 Å². The summed E-state index contributed by atoms with van der Waals surface area (Å²) < 4.78 is 11.1. The van der Waals surface area contributed by atoms with Crippen molar-refractivity contribution in [2.45, 2.75) is 78.6 Å². The largest absolute Gasteiger partial charge is 0.465 e. The lowest BCUT2D eigenvalue weighted by Crippen LogP contribution is -2.27. The van der Waals surface area contributed by atoms with Crippen molar-refractivity contribution in [2.24, 2.45) is 0 Å². The molecule has 2 aromatic carbocycles. The van der Waals surface area contributed by atoms with E-state index in [2.05, 4.69) is 37.8 Å². The minimum absolute atomic E-state index is 0.113. The second-order valence-corrected chi connectivity index (χ2v) is 9.85. The molecular weight excluding hydrogens is 462 g/mol. The predicted octanol–water partition coefficient (Wildman–Crippen LogP) is 7.63. The molecule has 1 heterocycles. The molecule has 1 aromatic heterocycles. The van der Waals surface area contributed by atoms with Crippen molar-refractivity contribution >= 4 is 22.7 Å². The smallest absolute Gasteiger partial charge is 0.338 e. The average molecular weight is 506 g/mol. The molecule has 0 saturated carbocycles. The number of rotatable bonds is 16. The maximum absolute atomic E-state index is 13.8. The van der Waals surface area contributed by atoms with Crippen molar-refractivity contribution in [1.29, 1.82) is 0 Å². The third-order valence-corrected chi connectivity index (χ3v) is 6.99. The quantitative estimate of drug-likeness (QED) is 0.148. The molecule has 0 unspecified atom stereocenters. The first-order valence-electron chi connectivity index (χ1n) is 14.0. The summed E-state index contributed by atoms with van der Waals surface area (Å²) in [5.41, 5.74) is 3.24. The number of methoxy groups -OCH3 is 1. The molecule has 3 aromatic rings. The van der Waals surface area contributed by atoms with Gasteiger partial charge in [-0.05, 0) is 69.4 Å². The Kier molecular flexibility index (Phi) is 11.4. The molecule has 0 N–H and O–H groups in total. The number of ether oxygens (including phenoxy) is 1. The zero-order valence-corrected chi connectivity index (χ0v) is 23.1. The number of benzene rings is 2. The van der Waals surface area contributed by atoms with Crippen LogP contribution in [0.15, 0.2) is 46.9 Å². The molecule has 0 amide bonds. The van der Waals surface area contributed by atoms with Crippen molar-refractivity contribution in [1.82, 2.24) is 4.90 Å². The van der Waals surface area contributed by atoms with Crippen LogP contribution in [-0.4, -0.2) is 43.4 Å². The van der Waals surface area contributed by atoms with Crippen LogP contribution in [0.25, 0.3) is 11.0 Å². The first-order chi connectivity index (χ1) is 18.0. The van der Waals surface area contributed by atoms with Crippen molar-refractivity contribution in [3.05, 3.63) is 70.5 Å². The van der Waals surface area contributed by atoms with Gasteiger partial charge in [0, 0.05) is 17.4 Å². The number of esters is 1. The van der Waals surface area contributed by atoms with Gasteiger partial charge in [-0.15, -0.1) is 0 Å². The minimum atomic E-state index is -0.468. The highest BCUT2D eigenvalue weighted by Gasteiger charge is 2.26. The lowest BCUT2D eigenvalue weighted by molar-refractivity contribution is 0.0603. The second kappa shape index (κ2) is 14.7. The highest BCUT2D eigenvalue weighted by atomic mass is 16.5. The van der Waals surface area contributed by atoms with Crippen molar-refractivity contribution in [3.8, 4) is 0 Å². The number of carbonyl (C=O) groups is 2. The molecule has 0 aliphatic carbocycles. The standard InChI is InChI=1S/C32H43NO4/c1-5-8-15-28-30(29-26(32(35)36-4)14-11-16-27(29)37-28)31(34)25-19-17-24(18-20-25)13-12-23-33(21-9-6-2)22-10-7-3/h11,14,16-20H,5-10,12-13,15,21-23H2,1-4H3. The number of ketones is 1. The van der Waals surface area contributed by atoms with Crippen LogP contribution in [0.5, 0.6) is 0 Å². The van der Waals surface area contributed by atoms with Gasteiger partial charge < -0.3 is 14.1 Å². The van der Waals surface area contributed by atoms with Crippen LogP contribution in [0.2, 0.25) is 0 Å². The lowest BCUT2D eigenvalue weighted by Gasteiger charge is -2.21. The van der Waals surface area contributed by atoms with Crippen molar-refractivity contribution < 1.29 is 18.7 Å². The molecule has 0 fully saturated rings. The van der Waals surface area contributed by atoms with E-state index in [0.29, 0.717) is 39.8 Å². The first kappa shape index (κ1) is 28.6. The van der Waals surface area contributed by atoms with E-state index in [9.17, 15) is 9.59 Å². The van der Waals surface area contributed by atoms with E-state index in [4.69, 9.17) is 9.15 Å². The van der Waals surface area contributed by atoms with E-state index in [0.717, 1.165) is 32.2 Å². The highest BCUT2D eigenvalue weighted by Crippen LogP contribution is 2.32. The van der Waals surface area contributed by atoms with Crippen LogP contribution >= 0.6 is 0 Å². The number of fused-ring (bicyclic) bond motifs is 1. The monoisotopic (exact) mass is 505 g/mol. The molecule has 0 saturated heterocycles. The Morgan fingerprint density at radius 3 is 2.08 bits per heavy atom. The summed E-state index contributed by atoms with van der Waals surface area (Å²) in [5.74, 6) is 0.0596. The number of nitrogens with zero attached hydrogens (tertiary/aromatic N) is 1. The zero-order valence-electron chi connectivity index (χ0n) is 23.1. The number of carbonyl (C=O) groups excluding carboxylic acids is 2. The van der Waals surface area contributed by atoms with Crippen LogP contribution in [0.3, 0.4) is 0 Å². The summed E-state index contributed by atoms with van der Waals surface area (Å²) in [7, 11) is 1.35. The van der Waals surface area contributed by atoms with Gasteiger partial charge >= 0.3 is 5.97 Å². The maximum atomic E-state index is 13.8. The molecule has 5 heteroatoms. The third kappa shape index (κ3) is 7.54. The van der Waals surface area contributed by atoms with Crippen molar-refractivity contribution in [3.63, 3.8) is 0 Å². The van der Waals surface area contributed by atoms with Gasteiger partial charge in [-0.25, -0.2) is 4.79 Å². The van der Waals surface area contributed by atoms with Crippen molar-refractivity contribution in [2.75, 3.05) is 26.7 Å². The van der Waals surface area contributed by atoms with Gasteiger partial charge in [0.15, 0.2) is 5.78 Å². The summed E-state index contributed by atoms with van der Waals surface area (Å²) in [6.07, 6.45) is 9.59. The molecule has 5 nitrogen and oxygen atoms in total. The predicted molar refractivity (Wildman–Crippen MR) is 151 cm³/mol. The van der Waals surface area contributed by atoms with Gasteiger partial charge in [0.05, 0.1) is 18.2 Å². The van der Waals surface area contributed by atoms with E-state index in [1.807, 2.05) is 12.1 Å². The Morgan fingerprint density at radius 1 is 0.811 bits per heavy atom. The molecule has 37 heavy (non-hydrogen) atoms. The van der Waals surface area contributed by atoms with Gasteiger partial charge in [-0.1, -0.05) is 70.4 Å². The molecule has 0 atom stereocenters. The molecule has 3 rings (SSSR count). The molecular formula is C32H43NO4. The molecule has 0 aliphatic rings. The highest BCUT2D eigenvalue weighted by molar-refractivity contribution is 6.20. The summed E-state index contributed by atoms with van der Waals surface area (Å²) >= 11 is 0. The Balaban J connectivity index is 1.79. The summed E-state index contributed by atoms with van der Waals surface area (Å²) in [4.78, 5) is 28.8. The third-order valence-electron chi connectivity index (χ3n) is 6.99. The molecule has 0 aliphatic heterocycles. The normalized spacial score (nSPS) is 11.4. The van der Waals surface area contributed by atoms with E-state index in [1.165, 1.54) is 51.4 Å². The molecule has 200 valence electrons. The first-order valence-corrected chi connectivity index (χ1v) is 14.0. The van der Waals surface area contributed by atoms with Gasteiger partial charge in [0.1, 0.15) is 11.3 Å². The molecule has 0 radical (unpaired) electrons. The minimum Gasteiger partial charge on any atom is -0.465 e. The number of hydrogen-bond donors (Lipinski definition) is 0. The van der Waals surface area contributed by atoms with E-state index in [-0.39, 0.29) is 5.78 Å². The molecule has 0 spiro atoms. The van der Waals surface area contributed by atoms with Gasteiger partial charge in [0.25, 0.3) is 0 Å². The number of aryl methyl sites for hydroxylation is 2. The van der Waals surface area contributed by atoms with E-state index < -0.39 is 5.97 Å². The summed E-state index contributed by atoms with van der Waals surface area (Å²) in [5, 5.41) is 0.550. The van der Waals surface area contributed by atoms with E-state index >= 15 is 0 Å². The molecule has 0 bridgehead atoms. The van der Waals surface area contributed by atoms with Gasteiger partial charge in [-0.3, -0.25) is 4.79 Å². The Hall–Kier alpha value is -2.92. The SMILES string of the molecule is CCCCc1oc2cccc(C(=O)OC)c2c1C(=O)c1ccc(CCCN(CCCC)CCCC)cc1. The van der Waals surface area contributed by atoms with Gasteiger partial charge in [0.2, 0.25) is 0 Å². The number of furan rings is 1. The summed E-state index contributed by atoms with van der Waals surface area (Å²) in [6, 6.07) is 13.2. The maximum Gasteiger partial charge on any atom is 0.338 e. The zero-order chi connectivity index (χ0) is 26.6. The fourth-order valence-corrected chi connectivity index (χ4v) is 4.80. The number of hydrogen-bond acceptors (Lipinski definition) is 5. The van der Waals surface area contributed by atoms with Crippen LogP contribution in [0.4, 0.5) is 0 Å². The topological polar surface area (TPSA) is 59.8 Å². The van der Waals surface area contributed by atoms with Crippen LogP contribution in [-0.2, 0) is 17.6 Å². The van der Waals surface area contributed by atoms with E-state index in [1.54, 1.807) is 18.2 Å². The number of unbranched alkanes of at least 4 members (excludes halogenated alkanes) is 3. The Bertz CT molecular complexity index is 1140. The fourth-order valence-electron chi connectivity index (χ4n) is 4.80. The summed E-state index contributed by atoms with van der Waals surface area (Å²) in [6.45, 7) is 10.1.